The first-order valence-electron chi connectivity index (χ1n) is 10.5. The monoisotopic (exact) mass is 424 g/mol. The summed E-state index contributed by atoms with van der Waals surface area (Å²) in [6, 6.07) is 17.2. The number of ether oxygens (including phenoxy) is 1. The highest BCUT2D eigenvalue weighted by molar-refractivity contribution is 5.85. The Hall–Kier alpha value is -3.34. The highest BCUT2D eigenvalue weighted by Crippen LogP contribution is 2.15. The smallest absolute Gasteiger partial charge is 0.330 e. The van der Waals surface area contributed by atoms with Crippen LogP contribution in [0.3, 0.4) is 0 Å². The lowest BCUT2D eigenvalue weighted by Crippen LogP contribution is -1.95. The largest absolute Gasteiger partial charge is 0.489 e. The second-order valence-corrected chi connectivity index (χ2v) is 7.06. The summed E-state index contributed by atoms with van der Waals surface area (Å²) in [4.78, 5) is 20.7. The zero-order chi connectivity index (χ0) is 22.9. The number of carboxylic acids is 2. The van der Waals surface area contributed by atoms with E-state index in [-0.39, 0.29) is 0 Å². The Morgan fingerprint density at radius 3 is 2.19 bits per heavy atom. The zero-order valence-electron chi connectivity index (χ0n) is 18.3. The van der Waals surface area contributed by atoms with Crippen molar-refractivity contribution >= 4 is 18.0 Å². The molecule has 0 spiro atoms. The quantitative estimate of drug-likeness (QED) is 0.324. The normalized spacial score (nSPS) is 11.0. The molecule has 2 aromatic rings. The van der Waals surface area contributed by atoms with Crippen LogP contribution in [0.4, 0.5) is 0 Å². The fourth-order valence-electron chi connectivity index (χ4n) is 2.56. The van der Waals surface area contributed by atoms with Gasteiger partial charge in [0.05, 0.1) is 0 Å². The molecule has 0 atom stereocenters. The number of unbranched alkanes of at least 4 members (excludes halogenated alkanes) is 4. The van der Waals surface area contributed by atoms with E-state index in [9.17, 15) is 9.59 Å². The molecule has 0 saturated carbocycles. The standard InChI is InChI=1S/C16H14O3.C10H18O2/c17-16(18)11-8-13-6-9-15(10-7-13)19-12-14-4-2-1-3-5-14;1-3-4-5-6-7-8-9(2)10(11)12/h1-11H,12H2,(H,17,18);8H,3-7H2,1-2H3,(H,11,12). The van der Waals surface area contributed by atoms with Crippen LogP contribution in [0.15, 0.2) is 72.3 Å². The van der Waals surface area contributed by atoms with E-state index in [0.717, 1.165) is 35.8 Å². The first kappa shape index (κ1) is 25.7. The van der Waals surface area contributed by atoms with Crippen molar-refractivity contribution < 1.29 is 24.5 Å². The minimum atomic E-state index is -0.954. The van der Waals surface area contributed by atoms with E-state index in [4.69, 9.17) is 14.9 Å². The lowest BCUT2D eigenvalue weighted by Gasteiger charge is -2.06. The molecule has 5 heteroatoms. The summed E-state index contributed by atoms with van der Waals surface area (Å²) >= 11 is 0. The number of aliphatic carboxylic acids is 2. The average Bonchev–Trinajstić information content (AvgIpc) is 2.77. The van der Waals surface area contributed by atoms with Crippen LogP contribution in [0.1, 0.15) is 57.1 Å². The summed E-state index contributed by atoms with van der Waals surface area (Å²) < 4.78 is 5.63. The van der Waals surface area contributed by atoms with E-state index in [1.807, 2.05) is 54.6 Å². The van der Waals surface area contributed by atoms with E-state index < -0.39 is 11.9 Å². The molecule has 2 aromatic carbocycles. The fraction of sp³-hybridized carbons (Fsp3) is 0.308. The minimum absolute atomic E-state index is 0.464. The average molecular weight is 425 g/mol. The number of carbonyl (C=O) groups is 2. The Balaban J connectivity index is 0.000000348. The molecular formula is C26H32O5. The molecule has 0 bridgehead atoms. The summed E-state index contributed by atoms with van der Waals surface area (Å²) in [7, 11) is 0. The number of benzene rings is 2. The lowest BCUT2D eigenvalue weighted by molar-refractivity contribution is -0.133. The molecule has 0 aliphatic carbocycles. The van der Waals surface area contributed by atoms with Gasteiger partial charge in [-0.15, -0.1) is 0 Å². The highest BCUT2D eigenvalue weighted by Gasteiger charge is 1.97. The molecule has 0 aliphatic heterocycles. The lowest BCUT2D eigenvalue weighted by atomic mass is 10.1. The third-order valence-corrected chi connectivity index (χ3v) is 4.39. The van der Waals surface area contributed by atoms with Crippen LogP contribution in [0.25, 0.3) is 6.08 Å². The topological polar surface area (TPSA) is 83.8 Å². The minimum Gasteiger partial charge on any atom is -0.489 e. The molecule has 0 saturated heterocycles. The number of hydrogen-bond donors (Lipinski definition) is 2. The van der Waals surface area contributed by atoms with Crippen molar-refractivity contribution in [1.82, 2.24) is 0 Å². The molecule has 0 aromatic heterocycles. The van der Waals surface area contributed by atoms with Crippen LogP contribution >= 0.6 is 0 Å². The number of carboxylic acid groups (broad SMARTS) is 2. The number of hydrogen-bond acceptors (Lipinski definition) is 3. The number of rotatable bonds is 11. The first-order chi connectivity index (χ1) is 14.9. The van der Waals surface area contributed by atoms with Crippen molar-refractivity contribution in [1.29, 1.82) is 0 Å². The Bertz CT molecular complexity index is 836. The number of allylic oxidation sites excluding steroid dienone is 1. The Kier molecular flexibility index (Phi) is 12.8. The molecule has 0 amide bonds. The van der Waals surface area contributed by atoms with Crippen molar-refractivity contribution in [3.63, 3.8) is 0 Å². The molecule has 31 heavy (non-hydrogen) atoms. The van der Waals surface area contributed by atoms with Gasteiger partial charge in [0.15, 0.2) is 0 Å². The SMILES string of the molecule is CCCCCCC=C(C)C(=O)O.O=C(O)C=Cc1ccc(OCc2ccccc2)cc1. The van der Waals surface area contributed by atoms with Gasteiger partial charge in [0.1, 0.15) is 12.4 Å². The van der Waals surface area contributed by atoms with E-state index in [1.165, 1.54) is 19.3 Å². The second-order valence-electron chi connectivity index (χ2n) is 7.06. The molecule has 0 heterocycles. The van der Waals surface area contributed by atoms with E-state index in [2.05, 4.69) is 6.92 Å². The summed E-state index contributed by atoms with van der Waals surface area (Å²) in [6.45, 7) is 4.33. The third kappa shape index (κ3) is 12.7. The maximum absolute atomic E-state index is 10.4. The summed E-state index contributed by atoms with van der Waals surface area (Å²) in [5.74, 6) is -0.994. The van der Waals surface area contributed by atoms with E-state index >= 15 is 0 Å². The molecule has 2 N–H and O–H groups in total. The predicted octanol–water partition coefficient (Wildman–Crippen LogP) is 6.35. The van der Waals surface area contributed by atoms with Crippen molar-refractivity contribution in [3.8, 4) is 5.75 Å². The molecule has 5 nitrogen and oxygen atoms in total. The molecule has 0 unspecified atom stereocenters. The molecule has 0 fully saturated rings. The second kappa shape index (κ2) is 15.5. The van der Waals surface area contributed by atoms with Gasteiger partial charge in [-0.2, -0.15) is 0 Å². The molecule has 166 valence electrons. The molecule has 0 radical (unpaired) electrons. The van der Waals surface area contributed by atoms with Crippen LogP contribution in [-0.4, -0.2) is 22.2 Å². The van der Waals surface area contributed by atoms with Gasteiger partial charge in [0.25, 0.3) is 0 Å². The maximum Gasteiger partial charge on any atom is 0.330 e. The fourth-order valence-corrected chi connectivity index (χ4v) is 2.56. The maximum atomic E-state index is 10.4. The van der Waals surface area contributed by atoms with Crippen molar-refractivity contribution in [3.05, 3.63) is 83.4 Å². The van der Waals surface area contributed by atoms with Crippen LogP contribution in [0.2, 0.25) is 0 Å². The van der Waals surface area contributed by atoms with Crippen LogP contribution in [0, 0.1) is 0 Å². The van der Waals surface area contributed by atoms with Gasteiger partial charge in [-0.05, 0) is 49.1 Å². The Labute approximate surface area is 184 Å². The highest BCUT2D eigenvalue weighted by atomic mass is 16.5. The molecule has 2 rings (SSSR count). The molecule has 0 aliphatic rings. The zero-order valence-corrected chi connectivity index (χ0v) is 18.3. The summed E-state index contributed by atoms with van der Waals surface area (Å²) in [5.41, 5.74) is 2.40. The first-order valence-corrected chi connectivity index (χ1v) is 10.5. The van der Waals surface area contributed by atoms with E-state index in [1.54, 1.807) is 19.1 Å². The Morgan fingerprint density at radius 1 is 0.935 bits per heavy atom. The van der Waals surface area contributed by atoms with Gasteiger partial charge >= 0.3 is 11.9 Å². The van der Waals surface area contributed by atoms with Gasteiger partial charge in [-0.3, -0.25) is 0 Å². The van der Waals surface area contributed by atoms with Crippen LogP contribution in [-0.2, 0) is 16.2 Å². The van der Waals surface area contributed by atoms with Crippen molar-refractivity contribution in [2.45, 2.75) is 52.6 Å². The summed E-state index contributed by atoms with van der Waals surface area (Å²) in [6.07, 6.45) is 10.2. The molecular weight excluding hydrogens is 392 g/mol. The van der Waals surface area contributed by atoms with Crippen LogP contribution < -0.4 is 4.74 Å². The van der Waals surface area contributed by atoms with Crippen molar-refractivity contribution in [2.24, 2.45) is 0 Å². The Morgan fingerprint density at radius 2 is 1.61 bits per heavy atom. The van der Waals surface area contributed by atoms with E-state index in [0.29, 0.717) is 12.2 Å². The van der Waals surface area contributed by atoms with Gasteiger partial charge in [0.2, 0.25) is 0 Å². The van der Waals surface area contributed by atoms with Crippen LogP contribution in [0.5, 0.6) is 5.75 Å². The van der Waals surface area contributed by atoms with Gasteiger partial charge in [-0.1, -0.05) is 74.7 Å². The third-order valence-electron chi connectivity index (χ3n) is 4.39. The van der Waals surface area contributed by atoms with Gasteiger partial charge in [0, 0.05) is 11.6 Å². The van der Waals surface area contributed by atoms with Crippen molar-refractivity contribution in [2.75, 3.05) is 0 Å². The summed E-state index contributed by atoms with van der Waals surface area (Å²) in [5, 5.41) is 17.0. The van der Waals surface area contributed by atoms with Gasteiger partial charge < -0.3 is 14.9 Å². The van der Waals surface area contributed by atoms with Gasteiger partial charge in [-0.25, -0.2) is 9.59 Å². The predicted molar refractivity (Wildman–Crippen MR) is 124 cm³/mol.